The number of hydrogen-bond donors (Lipinski definition) is 0. The maximum absolute atomic E-state index is 13.0. The van der Waals surface area contributed by atoms with Crippen molar-refractivity contribution in [3.63, 3.8) is 0 Å². The molecule has 36 heavy (non-hydrogen) atoms. The Morgan fingerprint density at radius 3 is 2.64 bits per heavy atom. The van der Waals surface area contributed by atoms with Gasteiger partial charge in [-0.1, -0.05) is 48.0 Å². The van der Waals surface area contributed by atoms with Crippen LogP contribution in [-0.2, 0) is 17.9 Å². The molecule has 1 aliphatic heterocycles. The van der Waals surface area contributed by atoms with Crippen LogP contribution >= 0.6 is 34.4 Å². The van der Waals surface area contributed by atoms with Crippen molar-refractivity contribution in [2.75, 3.05) is 6.61 Å². The van der Waals surface area contributed by atoms with Gasteiger partial charge in [0, 0.05) is 0 Å². The second-order valence-electron chi connectivity index (χ2n) is 8.08. The number of imide groups is 1. The molecule has 0 radical (unpaired) electrons. The highest BCUT2D eigenvalue weighted by Crippen LogP contribution is 2.38. The minimum Gasteiger partial charge on any atom is -0.490 e. The van der Waals surface area contributed by atoms with Gasteiger partial charge in [-0.05, 0) is 89.2 Å². The third-order valence-electron chi connectivity index (χ3n) is 5.43. The number of halogens is 1. The molecule has 0 spiro atoms. The SMILES string of the molecule is CCOc1cc(/C=C2/SC(=O)N(Cc3ccccc3C#N)C2=O)cc(I)c1OCc1cccc(C)c1. The second kappa shape index (κ2) is 11.6. The van der Waals surface area contributed by atoms with Gasteiger partial charge in [-0.15, -0.1) is 0 Å². The zero-order valence-electron chi connectivity index (χ0n) is 19.8. The summed E-state index contributed by atoms with van der Waals surface area (Å²) < 4.78 is 12.8. The first kappa shape index (κ1) is 25.8. The van der Waals surface area contributed by atoms with Gasteiger partial charge < -0.3 is 9.47 Å². The van der Waals surface area contributed by atoms with E-state index in [9.17, 15) is 14.9 Å². The molecule has 0 atom stereocenters. The van der Waals surface area contributed by atoms with Crippen LogP contribution in [0.2, 0.25) is 0 Å². The molecule has 3 aromatic carbocycles. The molecule has 1 saturated heterocycles. The van der Waals surface area contributed by atoms with Crippen molar-refractivity contribution >= 4 is 51.6 Å². The Labute approximate surface area is 228 Å². The number of thioether (sulfide) groups is 1. The molecule has 1 aliphatic rings. The average molecular weight is 610 g/mol. The summed E-state index contributed by atoms with van der Waals surface area (Å²) in [6.07, 6.45) is 1.69. The number of amides is 2. The van der Waals surface area contributed by atoms with Crippen molar-refractivity contribution in [1.29, 1.82) is 5.26 Å². The molecular weight excluding hydrogens is 587 g/mol. The summed E-state index contributed by atoms with van der Waals surface area (Å²) >= 11 is 3.08. The van der Waals surface area contributed by atoms with Crippen molar-refractivity contribution in [2.45, 2.75) is 27.0 Å². The van der Waals surface area contributed by atoms with Crippen LogP contribution in [-0.4, -0.2) is 22.7 Å². The van der Waals surface area contributed by atoms with Crippen molar-refractivity contribution < 1.29 is 19.1 Å². The Bertz CT molecular complexity index is 1400. The van der Waals surface area contributed by atoms with Crippen LogP contribution in [0, 0.1) is 21.8 Å². The average Bonchev–Trinajstić information content (AvgIpc) is 3.11. The van der Waals surface area contributed by atoms with E-state index in [2.05, 4.69) is 34.7 Å². The number of aryl methyl sites for hydroxylation is 1. The normalized spacial score (nSPS) is 14.3. The standard InChI is InChI=1S/C28H23IN2O4S/c1-3-34-24-13-20(12-23(29)26(24)35-17-19-8-6-7-18(2)11-19)14-25-27(32)31(28(33)36-25)16-22-10-5-4-9-21(22)15-30/h4-14H,3,16-17H2,1-2H3/b25-14+. The lowest BCUT2D eigenvalue weighted by Crippen LogP contribution is -2.27. The number of nitrogens with zero attached hydrogens (tertiary/aromatic N) is 2. The van der Waals surface area contributed by atoms with E-state index in [1.54, 1.807) is 30.3 Å². The van der Waals surface area contributed by atoms with E-state index in [4.69, 9.17) is 9.47 Å². The van der Waals surface area contributed by atoms with E-state index in [0.29, 0.717) is 40.7 Å². The largest absolute Gasteiger partial charge is 0.490 e. The zero-order valence-corrected chi connectivity index (χ0v) is 22.8. The number of hydrogen-bond acceptors (Lipinski definition) is 6. The summed E-state index contributed by atoms with van der Waals surface area (Å²) in [5.74, 6) is 0.827. The van der Waals surface area contributed by atoms with Gasteiger partial charge in [-0.25, -0.2) is 0 Å². The minimum absolute atomic E-state index is 0.0548. The molecule has 3 aromatic rings. The predicted octanol–water partition coefficient (Wildman–Crippen LogP) is 6.69. The fourth-order valence-electron chi connectivity index (χ4n) is 3.76. The Hall–Kier alpha value is -3.29. The summed E-state index contributed by atoms with van der Waals surface area (Å²) in [4.78, 5) is 27.2. The highest BCUT2D eigenvalue weighted by atomic mass is 127. The van der Waals surface area contributed by atoms with Crippen molar-refractivity contribution in [3.05, 3.63) is 97.0 Å². The molecule has 2 amide bonds. The Kier molecular flexibility index (Phi) is 8.33. The number of nitriles is 1. The van der Waals surface area contributed by atoms with Gasteiger partial charge in [-0.3, -0.25) is 14.5 Å². The summed E-state index contributed by atoms with van der Waals surface area (Å²) in [5, 5.41) is 8.96. The fourth-order valence-corrected chi connectivity index (χ4v) is 5.38. The van der Waals surface area contributed by atoms with Gasteiger partial charge in [0.15, 0.2) is 11.5 Å². The first-order valence-corrected chi connectivity index (χ1v) is 13.2. The topological polar surface area (TPSA) is 79.6 Å². The van der Waals surface area contributed by atoms with Crippen molar-refractivity contribution in [1.82, 2.24) is 4.90 Å². The maximum Gasteiger partial charge on any atom is 0.293 e. The van der Waals surface area contributed by atoms with Crippen LogP contribution in [0.4, 0.5) is 4.79 Å². The first-order chi connectivity index (χ1) is 17.4. The van der Waals surface area contributed by atoms with Crippen LogP contribution in [0.3, 0.4) is 0 Å². The lowest BCUT2D eigenvalue weighted by atomic mass is 10.1. The molecule has 0 unspecified atom stereocenters. The first-order valence-electron chi connectivity index (χ1n) is 11.3. The number of ether oxygens (including phenoxy) is 2. The number of rotatable bonds is 8. The summed E-state index contributed by atoms with van der Waals surface area (Å²) in [6.45, 7) is 4.85. The van der Waals surface area contributed by atoms with Crippen LogP contribution in [0.1, 0.15) is 34.7 Å². The molecule has 0 bridgehead atoms. The Morgan fingerprint density at radius 1 is 1.08 bits per heavy atom. The number of carbonyl (C=O) groups is 2. The molecule has 0 aliphatic carbocycles. The van der Waals surface area contributed by atoms with E-state index < -0.39 is 0 Å². The van der Waals surface area contributed by atoms with E-state index in [0.717, 1.165) is 32.0 Å². The van der Waals surface area contributed by atoms with Gasteiger partial charge in [0.1, 0.15) is 6.61 Å². The molecule has 4 rings (SSSR count). The minimum atomic E-state index is -0.384. The molecule has 182 valence electrons. The summed E-state index contributed by atoms with van der Waals surface area (Å²) in [5.41, 5.74) is 4.03. The monoisotopic (exact) mass is 610 g/mol. The van der Waals surface area contributed by atoms with E-state index in [-0.39, 0.29) is 17.7 Å². The van der Waals surface area contributed by atoms with Crippen LogP contribution in [0.5, 0.6) is 11.5 Å². The molecule has 6 nitrogen and oxygen atoms in total. The van der Waals surface area contributed by atoms with Gasteiger partial charge in [0.2, 0.25) is 0 Å². The smallest absolute Gasteiger partial charge is 0.293 e. The van der Waals surface area contributed by atoms with Crippen LogP contribution in [0.15, 0.2) is 65.6 Å². The summed E-state index contributed by atoms with van der Waals surface area (Å²) in [7, 11) is 0. The van der Waals surface area contributed by atoms with E-state index in [1.165, 1.54) is 4.90 Å². The third-order valence-corrected chi connectivity index (χ3v) is 7.14. The highest BCUT2D eigenvalue weighted by molar-refractivity contribution is 14.1. The molecule has 0 saturated carbocycles. The quantitative estimate of drug-likeness (QED) is 0.209. The van der Waals surface area contributed by atoms with E-state index >= 15 is 0 Å². The van der Waals surface area contributed by atoms with Gasteiger partial charge in [-0.2, -0.15) is 5.26 Å². The lowest BCUT2D eigenvalue weighted by Gasteiger charge is -2.15. The zero-order chi connectivity index (χ0) is 25.7. The molecule has 0 aromatic heterocycles. The Balaban J connectivity index is 1.57. The van der Waals surface area contributed by atoms with E-state index in [1.807, 2.05) is 44.2 Å². The van der Waals surface area contributed by atoms with Crippen molar-refractivity contribution in [3.8, 4) is 17.6 Å². The van der Waals surface area contributed by atoms with Gasteiger partial charge in [0.05, 0.1) is 33.3 Å². The molecule has 1 fully saturated rings. The molecule has 8 heteroatoms. The van der Waals surface area contributed by atoms with Gasteiger partial charge >= 0.3 is 0 Å². The Morgan fingerprint density at radius 2 is 1.89 bits per heavy atom. The van der Waals surface area contributed by atoms with Crippen LogP contribution < -0.4 is 9.47 Å². The number of benzene rings is 3. The lowest BCUT2D eigenvalue weighted by molar-refractivity contribution is -0.123. The summed E-state index contributed by atoms with van der Waals surface area (Å²) in [6, 6.07) is 20.9. The second-order valence-corrected chi connectivity index (χ2v) is 10.2. The number of carbonyl (C=O) groups excluding carboxylic acids is 2. The fraction of sp³-hybridized carbons (Fsp3) is 0.179. The predicted molar refractivity (Wildman–Crippen MR) is 149 cm³/mol. The third kappa shape index (κ3) is 5.91. The van der Waals surface area contributed by atoms with Gasteiger partial charge in [0.25, 0.3) is 11.1 Å². The van der Waals surface area contributed by atoms with Crippen LogP contribution in [0.25, 0.3) is 6.08 Å². The van der Waals surface area contributed by atoms with Crippen molar-refractivity contribution in [2.24, 2.45) is 0 Å². The highest BCUT2D eigenvalue weighted by Gasteiger charge is 2.35. The maximum atomic E-state index is 13.0. The molecule has 1 heterocycles. The molecule has 0 N–H and O–H groups in total. The molecular formula is C28H23IN2O4S.